The topological polar surface area (TPSA) is 68.0 Å². The summed E-state index contributed by atoms with van der Waals surface area (Å²) in [6.07, 6.45) is 4.33. The zero-order chi connectivity index (χ0) is 21.3. The number of aromatic nitrogens is 1. The molecule has 1 atom stereocenters. The van der Waals surface area contributed by atoms with Crippen LogP contribution in [-0.2, 0) is 12.8 Å². The molecule has 3 aromatic heterocycles. The van der Waals surface area contributed by atoms with Gasteiger partial charge in [-0.15, -0.1) is 11.3 Å². The van der Waals surface area contributed by atoms with Crippen molar-refractivity contribution in [2.24, 2.45) is 17.1 Å². The number of nitrogens with one attached hydrogen (secondary N) is 1. The third kappa shape index (κ3) is 7.30. The number of aldehydes is 1. The summed E-state index contributed by atoms with van der Waals surface area (Å²) in [4.78, 5) is 17.4. The maximum absolute atomic E-state index is 10.9. The molecule has 3 heterocycles. The van der Waals surface area contributed by atoms with Gasteiger partial charge in [-0.3, -0.25) is 4.79 Å². The second-order valence-electron chi connectivity index (χ2n) is 8.25. The molecular weight excluding hydrogens is 398 g/mol. The largest absolute Gasteiger partial charge is 0.329 e. The quantitative estimate of drug-likeness (QED) is 0.561. The number of hydrogen-bond acceptors (Lipinski definition) is 6. The Labute approximate surface area is 182 Å². The van der Waals surface area contributed by atoms with Crippen LogP contribution in [0.3, 0.4) is 0 Å². The molecule has 0 aromatic carbocycles. The summed E-state index contributed by atoms with van der Waals surface area (Å²) in [6, 6.07) is 8.25. The minimum atomic E-state index is 0.356. The molecule has 1 aliphatic rings. The van der Waals surface area contributed by atoms with E-state index < -0.39 is 0 Å². The molecule has 0 spiro atoms. The lowest BCUT2D eigenvalue weighted by molar-refractivity contribution is 0.112. The Morgan fingerprint density at radius 3 is 2.48 bits per heavy atom. The number of nitrogens with two attached hydrogens (primary N) is 1. The number of likely N-dealkylation sites (N-methyl/N-ethyl adjacent to an activating group) is 1. The SMILES string of the molecule is CC(C)(C)C1CCc2nc3sc(C=O)cc3cc2C1.CNCCN.c1ccsc1. The zero-order valence-corrected chi connectivity index (χ0v) is 19.5. The van der Waals surface area contributed by atoms with Gasteiger partial charge < -0.3 is 11.1 Å². The van der Waals surface area contributed by atoms with Crippen LogP contribution < -0.4 is 11.1 Å². The lowest BCUT2D eigenvalue weighted by atomic mass is 9.71. The van der Waals surface area contributed by atoms with E-state index in [1.54, 1.807) is 11.3 Å². The molecule has 3 N–H and O–H groups in total. The standard InChI is InChI=1S/C16H19NOS.C4H4S.C3H10N2/c1-16(2,3)12-4-5-14-10(7-12)6-11-8-13(9-18)19-15(11)17-14;1-2-4-5-3-1;1-5-3-2-4/h6,8-9,12H,4-5,7H2,1-3H3;1-4H;5H,2-4H2,1H3. The van der Waals surface area contributed by atoms with E-state index in [9.17, 15) is 4.79 Å². The summed E-state index contributed by atoms with van der Waals surface area (Å²) in [5.41, 5.74) is 8.06. The maximum atomic E-state index is 10.9. The molecule has 0 bridgehead atoms. The molecule has 0 saturated carbocycles. The Morgan fingerprint density at radius 2 is 2.00 bits per heavy atom. The highest BCUT2D eigenvalue weighted by Crippen LogP contribution is 2.38. The van der Waals surface area contributed by atoms with Gasteiger partial charge in [-0.25, -0.2) is 4.98 Å². The van der Waals surface area contributed by atoms with E-state index >= 15 is 0 Å². The lowest BCUT2D eigenvalue weighted by Crippen LogP contribution is -2.27. The van der Waals surface area contributed by atoms with Gasteiger partial charge in [-0.2, -0.15) is 11.3 Å². The van der Waals surface area contributed by atoms with Gasteiger partial charge in [0.05, 0.1) is 4.88 Å². The smallest absolute Gasteiger partial charge is 0.160 e. The van der Waals surface area contributed by atoms with Crippen LogP contribution >= 0.6 is 22.7 Å². The number of nitrogens with zero attached hydrogens (tertiary/aromatic N) is 1. The van der Waals surface area contributed by atoms with Crippen LogP contribution in [0.5, 0.6) is 0 Å². The van der Waals surface area contributed by atoms with Crippen LogP contribution in [0.15, 0.2) is 35.0 Å². The lowest BCUT2D eigenvalue weighted by Gasteiger charge is -2.34. The Kier molecular flexibility index (Phi) is 9.43. The predicted molar refractivity (Wildman–Crippen MR) is 127 cm³/mol. The number of aryl methyl sites for hydroxylation is 1. The number of hydrogen-bond donors (Lipinski definition) is 2. The van der Waals surface area contributed by atoms with Gasteiger partial charge in [0.2, 0.25) is 0 Å². The van der Waals surface area contributed by atoms with E-state index in [0.29, 0.717) is 5.41 Å². The minimum absolute atomic E-state index is 0.356. The summed E-state index contributed by atoms with van der Waals surface area (Å²) in [5.74, 6) is 0.725. The van der Waals surface area contributed by atoms with Crippen LogP contribution in [0.25, 0.3) is 10.2 Å². The van der Waals surface area contributed by atoms with Crippen molar-refractivity contribution in [2.45, 2.75) is 40.0 Å². The zero-order valence-electron chi connectivity index (χ0n) is 17.9. The van der Waals surface area contributed by atoms with Crippen LogP contribution in [0.4, 0.5) is 0 Å². The molecule has 158 valence electrons. The average Bonchev–Trinajstić information content (AvgIpc) is 3.38. The van der Waals surface area contributed by atoms with Crippen LogP contribution in [-0.4, -0.2) is 31.4 Å². The fourth-order valence-electron chi connectivity index (χ4n) is 3.31. The molecule has 0 aliphatic heterocycles. The number of rotatable bonds is 3. The average molecular weight is 432 g/mol. The highest BCUT2D eigenvalue weighted by molar-refractivity contribution is 7.20. The number of fused-ring (bicyclic) bond motifs is 2. The fourth-order valence-corrected chi connectivity index (χ4v) is 4.61. The maximum Gasteiger partial charge on any atom is 0.160 e. The first-order chi connectivity index (χ1) is 13.9. The van der Waals surface area contributed by atoms with Gasteiger partial charge >= 0.3 is 0 Å². The highest BCUT2D eigenvalue weighted by atomic mass is 32.1. The molecule has 0 radical (unpaired) electrons. The number of thiophene rings is 2. The summed E-state index contributed by atoms with van der Waals surface area (Å²) < 4.78 is 0. The summed E-state index contributed by atoms with van der Waals surface area (Å²) in [7, 11) is 1.88. The molecule has 3 aromatic rings. The van der Waals surface area contributed by atoms with Gasteiger partial charge in [0, 0.05) is 24.2 Å². The normalized spacial score (nSPS) is 15.6. The van der Waals surface area contributed by atoms with Gasteiger partial charge in [0.15, 0.2) is 6.29 Å². The van der Waals surface area contributed by atoms with Crippen molar-refractivity contribution in [1.82, 2.24) is 10.3 Å². The Balaban J connectivity index is 0.000000247. The van der Waals surface area contributed by atoms with E-state index in [4.69, 9.17) is 10.7 Å². The fraction of sp³-hybridized carbons (Fsp3) is 0.478. The van der Waals surface area contributed by atoms with Crippen molar-refractivity contribution in [1.29, 1.82) is 0 Å². The number of carbonyl (C=O) groups is 1. The van der Waals surface area contributed by atoms with E-state index in [0.717, 1.165) is 53.2 Å². The molecule has 0 saturated heterocycles. The summed E-state index contributed by atoms with van der Waals surface area (Å²) in [6.45, 7) is 8.62. The molecule has 29 heavy (non-hydrogen) atoms. The number of pyridine rings is 1. The minimum Gasteiger partial charge on any atom is -0.329 e. The second kappa shape index (κ2) is 11.6. The second-order valence-corrected chi connectivity index (χ2v) is 10.1. The van der Waals surface area contributed by atoms with Crippen LogP contribution in [0, 0.1) is 11.3 Å². The van der Waals surface area contributed by atoms with Crippen molar-refractivity contribution in [3.63, 3.8) is 0 Å². The third-order valence-electron chi connectivity index (χ3n) is 5.05. The molecule has 0 fully saturated rings. The molecule has 0 amide bonds. The van der Waals surface area contributed by atoms with Gasteiger partial charge in [-0.05, 0) is 66.1 Å². The highest BCUT2D eigenvalue weighted by Gasteiger charge is 2.29. The Bertz CT molecular complexity index is 847. The van der Waals surface area contributed by atoms with Gasteiger partial charge in [-0.1, -0.05) is 32.9 Å². The summed E-state index contributed by atoms with van der Waals surface area (Å²) >= 11 is 3.21. The van der Waals surface area contributed by atoms with Crippen molar-refractivity contribution in [2.75, 3.05) is 20.1 Å². The molecule has 6 heteroatoms. The Hall–Kier alpha value is -1.60. The molecule has 1 aliphatic carbocycles. The molecular formula is C23H33N3OS2. The van der Waals surface area contributed by atoms with Crippen LogP contribution in [0.2, 0.25) is 0 Å². The molecule has 4 rings (SSSR count). The number of carbonyl (C=O) groups excluding carboxylic acids is 1. The van der Waals surface area contributed by atoms with E-state index in [1.807, 2.05) is 36.0 Å². The van der Waals surface area contributed by atoms with Crippen molar-refractivity contribution >= 4 is 39.2 Å². The predicted octanol–water partition coefficient (Wildman–Crippen LogP) is 5.17. The monoisotopic (exact) mass is 431 g/mol. The van der Waals surface area contributed by atoms with Crippen LogP contribution in [0.1, 0.15) is 48.1 Å². The van der Waals surface area contributed by atoms with Gasteiger partial charge in [0.1, 0.15) is 4.83 Å². The Morgan fingerprint density at radius 1 is 1.28 bits per heavy atom. The van der Waals surface area contributed by atoms with Gasteiger partial charge in [0.25, 0.3) is 0 Å². The molecule has 4 nitrogen and oxygen atoms in total. The van der Waals surface area contributed by atoms with E-state index in [-0.39, 0.29) is 0 Å². The van der Waals surface area contributed by atoms with Crippen molar-refractivity contribution in [3.05, 3.63) is 51.2 Å². The first-order valence-electron chi connectivity index (χ1n) is 10.1. The first-order valence-corrected chi connectivity index (χ1v) is 11.8. The van der Waals surface area contributed by atoms with Crippen molar-refractivity contribution < 1.29 is 4.79 Å². The third-order valence-corrected chi connectivity index (χ3v) is 6.65. The van der Waals surface area contributed by atoms with E-state index in [1.165, 1.54) is 29.0 Å². The summed E-state index contributed by atoms with van der Waals surface area (Å²) in [5, 5.41) is 8.10. The molecule has 1 unspecified atom stereocenters. The first kappa shape index (κ1) is 23.7. The van der Waals surface area contributed by atoms with Crippen molar-refractivity contribution in [3.8, 4) is 0 Å². The van der Waals surface area contributed by atoms with E-state index in [2.05, 4.69) is 32.2 Å².